The summed E-state index contributed by atoms with van der Waals surface area (Å²) in [7, 11) is 0. The third-order valence-corrected chi connectivity index (χ3v) is 5.67. The normalized spacial score (nSPS) is 15.1. The standard InChI is InChI=1S/C20H21N5O2S/c1-13-7-8-16(9-14(13)2)25-20(22-23-24-25)28-12-19(26)21-11-17-10-15-5-3-4-6-18(15)27-17/h3-9,17H,10-12H2,1-2H3,(H,21,26). The smallest absolute Gasteiger partial charge is 0.230 e. The summed E-state index contributed by atoms with van der Waals surface area (Å²) in [4.78, 5) is 12.2. The molecular formula is C20H21N5O2S. The Balaban J connectivity index is 1.30. The first-order valence-corrected chi connectivity index (χ1v) is 10.1. The van der Waals surface area contributed by atoms with Gasteiger partial charge >= 0.3 is 0 Å². The number of carbonyl (C=O) groups excluding carboxylic acids is 1. The summed E-state index contributed by atoms with van der Waals surface area (Å²) >= 11 is 1.31. The number of fused-ring (bicyclic) bond motifs is 1. The second kappa shape index (κ2) is 8.02. The minimum absolute atomic E-state index is 0.0211. The van der Waals surface area contributed by atoms with Crippen LogP contribution in [0.15, 0.2) is 47.6 Å². The zero-order chi connectivity index (χ0) is 19.5. The van der Waals surface area contributed by atoms with Gasteiger partial charge in [0.2, 0.25) is 11.1 Å². The van der Waals surface area contributed by atoms with Gasteiger partial charge < -0.3 is 10.1 Å². The van der Waals surface area contributed by atoms with Crippen LogP contribution in [-0.2, 0) is 11.2 Å². The average molecular weight is 395 g/mol. The maximum Gasteiger partial charge on any atom is 0.230 e. The van der Waals surface area contributed by atoms with Crippen molar-refractivity contribution in [1.82, 2.24) is 25.5 Å². The van der Waals surface area contributed by atoms with Crippen LogP contribution in [0.4, 0.5) is 0 Å². The van der Waals surface area contributed by atoms with Gasteiger partial charge in [0, 0.05) is 6.42 Å². The van der Waals surface area contributed by atoms with E-state index >= 15 is 0 Å². The Hall–Kier alpha value is -2.87. The van der Waals surface area contributed by atoms with Crippen LogP contribution in [0.5, 0.6) is 5.75 Å². The second-order valence-corrected chi connectivity index (χ2v) is 7.73. The fourth-order valence-corrected chi connectivity index (χ4v) is 3.79. The Kier molecular flexibility index (Phi) is 5.29. The molecule has 3 aromatic rings. The Morgan fingerprint density at radius 1 is 1.25 bits per heavy atom. The van der Waals surface area contributed by atoms with E-state index in [4.69, 9.17) is 4.74 Å². The van der Waals surface area contributed by atoms with E-state index in [2.05, 4.69) is 33.8 Å². The minimum Gasteiger partial charge on any atom is -0.488 e. The molecule has 0 spiro atoms. The summed E-state index contributed by atoms with van der Waals surface area (Å²) in [6.07, 6.45) is 0.793. The first-order valence-electron chi connectivity index (χ1n) is 9.10. The number of nitrogens with zero attached hydrogens (tertiary/aromatic N) is 4. The summed E-state index contributed by atoms with van der Waals surface area (Å²) in [5.41, 5.74) is 4.44. The molecule has 1 aromatic heterocycles. The lowest BCUT2D eigenvalue weighted by Gasteiger charge is -2.12. The molecule has 1 aliphatic heterocycles. The van der Waals surface area contributed by atoms with Gasteiger partial charge in [0.25, 0.3) is 0 Å². The molecule has 0 saturated heterocycles. The van der Waals surface area contributed by atoms with Gasteiger partial charge in [0.05, 0.1) is 18.0 Å². The molecule has 144 valence electrons. The molecule has 28 heavy (non-hydrogen) atoms. The molecule has 1 atom stereocenters. The largest absolute Gasteiger partial charge is 0.488 e. The molecule has 2 aromatic carbocycles. The molecule has 1 amide bonds. The van der Waals surface area contributed by atoms with Crippen molar-refractivity contribution in [3.8, 4) is 11.4 Å². The van der Waals surface area contributed by atoms with Gasteiger partial charge in [0.15, 0.2) is 0 Å². The monoisotopic (exact) mass is 395 g/mol. The van der Waals surface area contributed by atoms with E-state index in [1.165, 1.54) is 28.5 Å². The number of amides is 1. The van der Waals surface area contributed by atoms with Crippen molar-refractivity contribution in [3.05, 3.63) is 59.2 Å². The first kappa shape index (κ1) is 18.5. The highest BCUT2D eigenvalue weighted by Crippen LogP contribution is 2.27. The Bertz CT molecular complexity index is 979. The number of ether oxygens (including phenoxy) is 1. The molecule has 0 radical (unpaired) electrons. The van der Waals surface area contributed by atoms with Gasteiger partial charge in [-0.1, -0.05) is 36.0 Å². The number of nitrogens with one attached hydrogen (secondary N) is 1. The number of thioether (sulfide) groups is 1. The molecule has 7 nitrogen and oxygen atoms in total. The summed E-state index contributed by atoms with van der Waals surface area (Å²) in [6, 6.07) is 14.0. The average Bonchev–Trinajstić information content (AvgIpc) is 3.33. The van der Waals surface area contributed by atoms with Crippen LogP contribution in [0.3, 0.4) is 0 Å². The SMILES string of the molecule is Cc1ccc(-n2nnnc2SCC(=O)NCC2Cc3ccccc3O2)cc1C. The summed E-state index contributed by atoms with van der Waals surface area (Å²) in [6.45, 7) is 4.59. The van der Waals surface area contributed by atoms with E-state index in [9.17, 15) is 4.79 Å². The number of rotatable bonds is 6. The number of aryl methyl sites for hydroxylation is 2. The maximum atomic E-state index is 12.2. The zero-order valence-electron chi connectivity index (χ0n) is 15.8. The number of tetrazole rings is 1. The van der Waals surface area contributed by atoms with Gasteiger partial charge in [-0.2, -0.15) is 4.68 Å². The number of aromatic nitrogens is 4. The number of para-hydroxylation sites is 1. The van der Waals surface area contributed by atoms with Crippen molar-refractivity contribution in [1.29, 1.82) is 0 Å². The Morgan fingerprint density at radius 3 is 2.93 bits per heavy atom. The van der Waals surface area contributed by atoms with E-state index in [0.29, 0.717) is 11.7 Å². The Labute approximate surface area is 167 Å². The third-order valence-electron chi connectivity index (χ3n) is 4.75. The van der Waals surface area contributed by atoms with Crippen LogP contribution in [0.2, 0.25) is 0 Å². The van der Waals surface area contributed by atoms with Crippen LogP contribution >= 0.6 is 11.8 Å². The van der Waals surface area contributed by atoms with Crippen LogP contribution < -0.4 is 10.1 Å². The van der Waals surface area contributed by atoms with Crippen molar-refractivity contribution in [3.63, 3.8) is 0 Å². The fraction of sp³-hybridized carbons (Fsp3) is 0.300. The van der Waals surface area contributed by atoms with E-state index in [0.717, 1.165) is 17.9 Å². The molecule has 0 saturated carbocycles. The molecule has 0 fully saturated rings. The molecule has 8 heteroatoms. The van der Waals surface area contributed by atoms with Crippen molar-refractivity contribution in [2.24, 2.45) is 0 Å². The number of benzene rings is 2. The van der Waals surface area contributed by atoms with Crippen molar-refractivity contribution >= 4 is 17.7 Å². The molecular weight excluding hydrogens is 374 g/mol. The highest BCUT2D eigenvalue weighted by atomic mass is 32.2. The van der Waals surface area contributed by atoms with Gasteiger partial charge in [-0.3, -0.25) is 4.79 Å². The Morgan fingerprint density at radius 2 is 2.11 bits per heavy atom. The summed E-state index contributed by atoms with van der Waals surface area (Å²) < 4.78 is 7.50. The highest BCUT2D eigenvalue weighted by molar-refractivity contribution is 7.99. The number of hydrogen-bond donors (Lipinski definition) is 1. The van der Waals surface area contributed by atoms with E-state index in [-0.39, 0.29) is 17.8 Å². The molecule has 1 aliphatic rings. The van der Waals surface area contributed by atoms with Gasteiger partial charge in [0.1, 0.15) is 11.9 Å². The fourth-order valence-electron chi connectivity index (χ4n) is 3.06. The molecule has 4 rings (SSSR count). The highest BCUT2D eigenvalue weighted by Gasteiger charge is 2.22. The van der Waals surface area contributed by atoms with E-state index in [1.807, 2.05) is 43.3 Å². The van der Waals surface area contributed by atoms with Crippen molar-refractivity contribution in [2.75, 3.05) is 12.3 Å². The third kappa shape index (κ3) is 4.01. The summed E-state index contributed by atoms with van der Waals surface area (Å²) in [5.74, 6) is 1.08. The van der Waals surface area contributed by atoms with Crippen molar-refractivity contribution in [2.45, 2.75) is 31.5 Å². The predicted molar refractivity (Wildman–Crippen MR) is 107 cm³/mol. The molecule has 1 N–H and O–H groups in total. The number of carbonyl (C=O) groups is 1. The van der Waals surface area contributed by atoms with Crippen LogP contribution in [0.25, 0.3) is 5.69 Å². The quantitative estimate of drug-likeness (QED) is 0.646. The van der Waals surface area contributed by atoms with Gasteiger partial charge in [-0.25, -0.2) is 0 Å². The maximum absolute atomic E-state index is 12.2. The molecule has 2 heterocycles. The topological polar surface area (TPSA) is 81.9 Å². The lowest BCUT2D eigenvalue weighted by molar-refractivity contribution is -0.118. The van der Waals surface area contributed by atoms with Gasteiger partial charge in [-0.05, 0) is 59.2 Å². The van der Waals surface area contributed by atoms with E-state index < -0.39 is 0 Å². The van der Waals surface area contributed by atoms with E-state index in [1.54, 1.807) is 4.68 Å². The number of hydrogen-bond acceptors (Lipinski definition) is 6. The van der Waals surface area contributed by atoms with Gasteiger partial charge in [-0.15, -0.1) is 5.10 Å². The summed E-state index contributed by atoms with van der Waals surface area (Å²) in [5, 5.41) is 15.4. The van der Waals surface area contributed by atoms with Crippen molar-refractivity contribution < 1.29 is 9.53 Å². The first-order chi connectivity index (χ1) is 13.6. The molecule has 0 bridgehead atoms. The molecule has 1 unspecified atom stereocenters. The van der Waals surface area contributed by atoms with Crippen LogP contribution in [0, 0.1) is 13.8 Å². The lowest BCUT2D eigenvalue weighted by atomic mass is 10.1. The lowest BCUT2D eigenvalue weighted by Crippen LogP contribution is -2.35. The van der Waals surface area contributed by atoms with Crippen LogP contribution in [-0.4, -0.2) is 44.5 Å². The predicted octanol–water partition coefficient (Wildman–Crippen LogP) is 2.49. The second-order valence-electron chi connectivity index (χ2n) is 6.79. The zero-order valence-corrected chi connectivity index (χ0v) is 16.6. The van der Waals surface area contributed by atoms with Crippen LogP contribution in [0.1, 0.15) is 16.7 Å². The molecule has 0 aliphatic carbocycles. The minimum atomic E-state index is -0.0702.